The van der Waals surface area contributed by atoms with Crippen molar-refractivity contribution in [2.24, 2.45) is 0 Å². The molecule has 0 aliphatic carbocycles. The van der Waals surface area contributed by atoms with E-state index < -0.39 is 17.3 Å². The van der Waals surface area contributed by atoms with Gasteiger partial charge in [0, 0.05) is 12.4 Å². The number of fused-ring (bicyclic) bond motifs is 1. The molecular weight excluding hydrogens is 262 g/mol. The molecule has 0 aromatic carbocycles. The number of aromatic nitrogens is 2. The number of rotatable bonds is 4. The number of aromatic amines is 1. The molecule has 2 aromatic heterocycles. The van der Waals surface area contributed by atoms with Gasteiger partial charge in [0.2, 0.25) is 0 Å². The maximum atomic E-state index is 10.8. The highest BCUT2D eigenvalue weighted by atomic mass is 32.2. The number of pyridine rings is 1. The Labute approximate surface area is 104 Å². The summed E-state index contributed by atoms with van der Waals surface area (Å²) in [7, 11) is 1.37. The summed E-state index contributed by atoms with van der Waals surface area (Å²) in [6, 6.07) is 4.55. The normalized spacial score (nSPS) is 12.6. The van der Waals surface area contributed by atoms with E-state index in [1.54, 1.807) is 6.07 Å². The standard InChI is InChI=1S/C9H9N3O5S/c1-12(17-18(15)16)7-3-2-5-4-6(9(13)14)10-8(5)11-7/h2-4H,1H3,(H,10,11)(H,13,14)(H,15,16)/p-1. The summed E-state index contributed by atoms with van der Waals surface area (Å²) in [5, 5.41) is 10.4. The summed E-state index contributed by atoms with van der Waals surface area (Å²) in [6.45, 7) is 0. The molecule has 8 nitrogen and oxygen atoms in total. The molecule has 0 spiro atoms. The van der Waals surface area contributed by atoms with E-state index in [2.05, 4.69) is 14.3 Å². The van der Waals surface area contributed by atoms with Gasteiger partial charge in [-0.3, -0.25) is 0 Å². The molecule has 1 atom stereocenters. The van der Waals surface area contributed by atoms with Crippen molar-refractivity contribution in [3.8, 4) is 0 Å². The van der Waals surface area contributed by atoms with Crippen molar-refractivity contribution in [3.05, 3.63) is 23.9 Å². The van der Waals surface area contributed by atoms with Gasteiger partial charge in [-0.15, -0.1) is 0 Å². The number of carboxylic acid groups (broad SMARTS) is 1. The molecule has 2 aromatic rings. The zero-order valence-corrected chi connectivity index (χ0v) is 9.93. The SMILES string of the molecule is CN(OS(=O)[O-])c1ccc2cc(C(=O)O)[nH]c2n1. The van der Waals surface area contributed by atoms with E-state index in [4.69, 9.17) is 5.11 Å². The van der Waals surface area contributed by atoms with Gasteiger partial charge in [-0.1, -0.05) is 0 Å². The smallest absolute Gasteiger partial charge is 0.352 e. The van der Waals surface area contributed by atoms with Gasteiger partial charge in [0.05, 0.1) is 0 Å². The topological polar surface area (TPSA) is 119 Å². The number of hydrogen-bond donors (Lipinski definition) is 2. The summed E-state index contributed by atoms with van der Waals surface area (Å²) in [5.74, 6) is -0.870. The van der Waals surface area contributed by atoms with Crippen molar-refractivity contribution >= 4 is 34.2 Å². The lowest BCUT2D eigenvalue weighted by Crippen LogP contribution is -2.20. The Bertz CT molecular complexity index is 626. The van der Waals surface area contributed by atoms with Gasteiger partial charge in [-0.05, 0) is 18.2 Å². The van der Waals surface area contributed by atoms with E-state index >= 15 is 0 Å². The van der Waals surface area contributed by atoms with Crippen LogP contribution in [-0.2, 0) is 15.6 Å². The van der Waals surface area contributed by atoms with E-state index in [-0.39, 0.29) is 11.5 Å². The summed E-state index contributed by atoms with van der Waals surface area (Å²) in [5.41, 5.74) is 0.336. The monoisotopic (exact) mass is 270 g/mol. The van der Waals surface area contributed by atoms with Crippen molar-refractivity contribution in [2.75, 3.05) is 12.1 Å². The van der Waals surface area contributed by atoms with Gasteiger partial charge in [0.25, 0.3) is 0 Å². The van der Waals surface area contributed by atoms with Crippen LogP contribution in [0.1, 0.15) is 10.5 Å². The van der Waals surface area contributed by atoms with Gasteiger partial charge < -0.3 is 14.6 Å². The minimum Gasteiger partial charge on any atom is -0.748 e. The van der Waals surface area contributed by atoms with Crippen molar-refractivity contribution in [2.45, 2.75) is 0 Å². The predicted molar refractivity (Wildman–Crippen MR) is 61.5 cm³/mol. The molecular formula is C9H8N3O5S-. The van der Waals surface area contributed by atoms with Gasteiger partial charge in [0.15, 0.2) is 5.82 Å². The van der Waals surface area contributed by atoms with E-state index in [1.807, 2.05) is 0 Å². The van der Waals surface area contributed by atoms with Crippen LogP contribution >= 0.6 is 0 Å². The number of H-pyrrole nitrogens is 1. The van der Waals surface area contributed by atoms with Crippen LogP contribution in [0.15, 0.2) is 18.2 Å². The lowest BCUT2D eigenvalue weighted by atomic mass is 10.3. The molecule has 0 amide bonds. The highest BCUT2D eigenvalue weighted by Crippen LogP contribution is 2.18. The minimum atomic E-state index is -2.70. The number of nitrogens with zero attached hydrogens (tertiary/aromatic N) is 2. The van der Waals surface area contributed by atoms with Gasteiger partial charge in [-0.2, -0.15) is 4.28 Å². The Hall–Kier alpha value is -1.97. The summed E-state index contributed by atoms with van der Waals surface area (Å²) >= 11 is -2.70. The van der Waals surface area contributed by atoms with Crippen molar-refractivity contribution in [3.63, 3.8) is 0 Å². The molecule has 1 unspecified atom stereocenters. The van der Waals surface area contributed by atoms with Crippen molar-refractivity contribution in [1.29, 1.82) is 0 Å². The maximum absolute atomic E-state index is 10.8. The maximum Gasteiger partial charge on any atom is 0.352 e. The minimum absolute atomic E-state index is 0.00521. The van der Waals surface area contributed by atoms with Crippen molar-refractivity contribution < 1.29 is 22.9 Å². The van der Waals surface area contributed by atoms with Gasteiger partial charge >= 0.3 is 5.97 Å². The number of nitrogens with one attached hydrogen (secondary N) is 1. The zero-order valence-electron chi connectivity index (χ0n) is 9.11. The number of carboxylic acids is 1. The first-order valence-corrected chi connectivity index (χ1v) is 5.72. The van der Waals surface area contributed by atoms with Crippen LogP contribution in [0, 0.1) is 0 Å². The highest BCUT2D eigenvalue weighted by molar-refractivity contribution is 7.74. The van der Waals surface area contributed by atoms with Gasteiger partial charge in [0.1, 0.15) is 22.7 Å². The lowest BCUT2D eigenvalue weighted by molar-refractivity contribution is 0.0691. The molecule has 18 heavy (non-hydrogen) atoms. The van der Waals surface area contributed by atoms with Crippen LogP contribution in [0.25, 0.3) is 11.0 Å². The van der Waals surface area contributed by atoms with E-state index in [9.17, 15) is 13.6 Å². The first-order chi connectivity index (χ1) is 8.47. The van der Waals surface area contributed by atoms with Crippen molar-refractivity contribution in [1.82, 2.24) is 9.97 Å². The Morgan fingerprint density at radius 2 is 2.33 bits per heavy atom. The van der Waals surface area contributed by atoms with Crippen LogP contribution in [0.4, 0.5) is 5.82 Å². The number of hydrogen-bond acceptors (Lipinski definition) is 6. The molecule has 0 bridgehead atoms. The second kappa shape index (κ2) is 4.72. The van der Waals surface area contributed by atoms with Crippen LogP contribution in [-0.4, -0.2) is 36.9 Å². The average molecular weight is 270 g/mol. The third kappa shape index (κ3) is 2.47. The number of carbonyl (C=O) groups is 1. The molecule has 2 N–H and O–H groups in total. The Morgan fingerprint density at radius 1 is 1.61 bits per heavy atom. The van der Waals surface area contributed by atoms with E-state index in [0.717, 1.165) is 5.06 Å². The third-order valence-electron chi connectivity index (χ3n) is 2.19. The fraction of sp³-hybridized carbons (Fsp3) is 0.111. The van der Waals surface area contributed by atoms with E-state index in [1.165, 1.54) is 19.2 Å². The second-order valence-electron chi connectivity index (χ2n) is 3.37. The summed E-state index contributed by atoms with van der Waals surface area (Å²) in [4.78, 5) is 17.4. The predicted octanol–water partition coefficient (Wildman–Crippen LogP) is 0.423. The summed E-state index contributed by atoms with van der Waals surface area (Å²) < 4.78 is 25.1. The van der Waals surface area contributed by atoms with Gasteiger partial charge in [-0.25, -0.2) is 19.1 Å². The number of anilines is 1. The second-order valence-corrected chi connectivity index (χ2v) is 3.93. The Kier molecular flexibility index (Phi) is 3.28. The quantitative estimate of drug-likeness (QED) is 0.610. The van der Waals surface area contributed by atoms with Crippen LogP contribution < -0.4 is 5.06 Å². The molecule has 0 fully saturated rings. The molecule has 0 radical (unpaired) electrons. The average Bonchev–Trinajstić information content (AvgIpc) is 2.70. The number of hydroxylamine groups is 1. The molecule has 96 valence electrons. The highest BCUT2D eigenvalue weighted by Gasteiger charge is 2.10. The fourth-order valence-corrected chi connectivity index (χ4v) is 1.67. The Morgan fingerprint density at radius 3 is 2.94 bits per heavy atom. The molecule has 2 rings (SSSR count). The lowest BCUT2D eigenvalue weighted by Gasteiger charge is -2.17. The first-order valence-electron chi connectivity index (χ1n) is 4.72. The molecule has 0 aliphatic rings. The number of aromatic carboxylic acids is 1. The molecule has 2 heterocycles. The molecule has 9 heteroatoms. The summed E-state index contributed by atoms with van der Waals surface area (Å²) in [6.07, 6.45) is 0. The molecule has 0 saturated heterocycles. The largest absolute Gasteiger partial charge is 0.748 e. The molecule has 0 aliphatic heterocycles. The van der Waals surface area contributed by atoms with Crippen LogP contribution in [0.5, 0.6) is 0 Å². The first kappa shape index (κ1) is 12.5. The molecule has 0 saturated carbocycles. The van der Waals surface area contributed by atoms with Crippen LogP contribution in [0.3, 0.4) is 0 Å². The third-order valence-corrected chi connectivity index (χ3v) is 2.54. The van der Waals surface area contributed by atoms with Crippen LogP contribution in [0.2, 0.25) is 0 Å². The fourth-order valence-electron chi connectivity index (χ4n) is 1.42. The zero-order chi connectivity index (χ0) is 13.3. The Balaban J connectivity index is 2.37. The van der Waals surface area contributed by atoms with E-state index in [0.29, 0.717) is 11.0 Å².